The number of fused-ring (bicyclic) bond motifs is 1. The summed E-state index contributed by atoms with van der Waals surface area (Å²) in [6.07, 6.45) is 1.19. The Labute approximate surface area is 109 Å². The maximum atomic E-state index is 6.21. The molecule has 0 amide bonds. The quantitative estimate of drug-likeness (QED) is 0.823. The van der Waals surface area contributed by atoms with Crippen LogP contribution in [-0.2, 0) is 11.3 Å². The Bertz CT molecular complexity index is 421. The summed E-state index contributed by atoms with van der Waals surface area (Å²) >= 11 is 0. The molecule has 0 spiro atoms. The predicted octanol–water partition coefficient (Wildman–Crippen LogP) is 1.93. The van der Waals surface area contributed by atoms with Gasteiger partial charge in [0.05, 0.1) is 19.3 Å². The summed E-state index contributed by atoms with van der Waals surface area (Å²) in [6.45, 7) is 5.94. The first-order valence-corrected chi connectivity index (χ1v) is 6.91. The molecule has 0 radical (unpaired) electrons. The third-order valence-electron chi connectivity index (χ3n) is 4.44. The summed E-state index contributed by atoms with van der Waals surface area (Å²) in [5.41, 5.74) is 8.98. The van der Waals surface area contributed by atoms with Crippen molar-refractivity contribution in [1.82, 2.24) is 4.90 Å². The van der Waals surface area contributed by atoms with E-state index in [4.69, 9.17) is 10.5 Å². The summed E-state index contributed by atoms with van der Waals surface area (Å²) in [7, 11) is 0. The molecule has 2 N–H and O–H groups in total. The summed E-state index contributed by atoms with van der Waals surface area (Å²) in [5.74, 6) is 0.640. The summed E-state index contributed by atoms with van der Waals surface area (Å²) in [6, 6.07) is 9.33. The van der Waals surface area contributed by atoms with Crippen LogP contribution in [0.1, 0.15) is 30.5 Å². The first-order valence-electron chi connectivity index (χ1n) is 6.91. The minimum absolute atomic E-state index is 0.299. The third-order valence-corrected chi connectivity index (χ3v) is 4.44. The second-order valence-electron chi connectivity index (χ2n) is 5.65. The van der Waals surface area contributed by atoms with E-state index in [1.54, 1.807) is 0 Å². The lowest BCUT2D eigenvalue weighted by atomic mass is 9.90. The van der Waals surface area contributed by atoms with E-state index in [9.17, 15) is 0 Å². The van der Waals surface area contributed by atoms with Crippen LogP contribution in [0.2, 0.25) is 0 Å². The minimum Gasteiger partial charge on any atom is -0.375 e. The third kappa shape index (κ3) is 2.18. The van der Waals surface area contributed by atoms with Crippen LogP contribution in [0.25, 0.3) is 0 Å². The van der Waals surface area contributed by atoms with Crippen LogP contribution in [0, 0.1) is 5.92 Å². The van der Waals surface area contributed by atoms with Crippen LogP contribution in [0.15, 0.2) is 24.3 Å². The Morgan fingerprint density at radius 3 is 3.00 bits per heavy atom. The second-order valence-corrected chi connectivity index (χ2v) is 5.65. The van der Waals surface area contributed by atoms with Crippen molar-refractivity contribution in [3.05, 3.63) is 35.4 Å². The molecule has 3 heteroatoms. The zero-order chi connectivity index (χ0) is 12.5. The van der Waals surface area contributed by atoms with Crippen molar-refractivity contribution in [1.29, 1.82) is 0 Å². The van der Waals surface area contributed by atoms with Crippen LogP contribution in [0.3, 0.4) is 0 Å². The normalized spacial score (nSPS) is 33.1. The lowest BCUT2D eigenvalue weighted by Crippen LogP contribution is -2.50. The van der Waals surface area contributed by atoms with Gasteiger partial charge in [-0.1, -0.05) is 31.2 Å². The maximum absolute atomic E-state index is 6.21. The van der Waals surface area contributed by atoms with E-state index in [1.807, 2.05) is 0 Å². The highest BCUT2D eigenvalue weighted by atomic mass is 16.5. The Balaban J connectivity index is 1.81. The molecule has 1 saturated heterocycles. The van der Waals surface area contributed by atoms with Crippen LogP contribution >= 0.6 is 0 Å². The SMILES string of the molecule is CC1CCN(C2COCc3ccccc32)CC1N. The standard InChI is InChI=1S/C15H22N2O/c1-11-6-7-17(8-14(11)16)15-10-18-9-12-4-2-3-5-13(12)15/h2-5,11,14-15H,6-10,16H2,1H3. The highest BCUT2D eigenvalue weighted by Gasteiger charge is 2.31. The van der Waals surface area contributed by atoms with E-state index >= 15 is 0 Å². The Hall–Kier alpha value is -0.900. The van der Waals surface area contributed by atoms with E-state index < -0.39 is 0 Å². The smallest absolute Gasteiger partial charge is 0.0721 e. The van der Waals surface area contributed by atoms with Crippen molar-refractivity contribution in [3.63, 3.8) is 0 Å². The van der Waals surface area contributed by atoms with Gasteiger partial charge in [-0.2, -0.15) is 0 Å². The molecule has 18 heavy (non-hydrogen) atoms. The fraction of sp³-hybridized carbons (Fsp3) is 0.600. The number of nitrogens with two attached hydrogens (primary N) is 1. The van der Waals surface area contributed by atoms with Crippen LogP contribution < -0.4 is 5.73 Å². The second kappa shape index (κ2) is 5.00. The fourth-order valence-electron chi connectivity index (χ4n) is 3.07. The molecule has 1 aromatic rings. The minimum atomic E-state index is 0.299. The van der Waals surface area contributed by atoms with E-state index in [1.165, 1.54) is 17.5 Å². The lowest BCUT2D eigenvalue weighted by molar-refractivity contribution is 0.0150. The molecule has 98 valence electrons. The molecule has 3 nitrogen and oxygen atoms in total. The summed E-state index contributed by atoms with van der Waals surface area (Å²) in [4.78, 5) is 2.50. The Morgan fingerprint density at radius 1 is 1.33 bits per heavy atom. The molecule has 3 rings (SSSR count). The van der Waals surface area contributed by atoms with Crippen molar-refractivity contribution in [2.75, 3.05) is 19.7 Å². The molecule has 1 fully saturated rings. The van der Waals surface area contributed by atoms with Crippen molar-refractivity contribution in [3.8, 4) is 0 Å². The number of rotatable bonds is 1. The zero-order valence-electron chi connectivity index (χ0n) is 11.0. The average Bonchev–Trinajstić information content (AvgIpc) is 2.41. The molecule has 0 aromatic heterocycles. The summed E-state index contributed by atoms with van der Waals surface area (Å²) < 4.78 is 5.74. The highest BCUT2D eigenvalue weighted by molar-refractivity contribution is 5.31. The van der Waals surface area contributed by atoms with Gasteiger partial charge in [0.2, 0.25) is 0 Å². The molecule has 2 aliphatic rings. The summed E-state index contributed by atoms with van der Waals surface area (Å²) in [5, 5.41) is 0. The first-order chi connectivity index (χ1) is 8.75. The topological polar surface area (TPSA) is 38.5 Å². The molecule has 3 unspecified atom stereocenters. The Kier molecular flexibility index (Phi) is 3.37. The molecule has 2 aliphatic heterocycles. The lowest BCUT2D eigenvalue weighted by Gasteiger charge is -2.41. The number of benzene rings is 1. The van der Waals surface area contributed by atoms with Gasteiger partial charge in [-0.15, -0.1) is 0 Å². The molecule has 2 heterocycles. The van der Waals surface area contributed by atoms with E-state index in [0.29, 0.717) is 18.0 Å². The highest BCUT2D eigenvalue weighted by Crippen LogP contribution is 2.32. The van der Waals surface area contributed by atoms with Gasteiger partial charge < -0.3 is 10.5 Å². The first kappa shape index (κ1) is 12.2. The molecule has 3 atom stereocenters. The number of nitrogens with zero attached hydrogens (tertiary/aromatic N) is 1. The van der Waals surface area contributed by atoms with Gasteiger partial charge in [0.25, 0.3) is 0 Å². The van der Waals surface area contributed by atoms with Crippen molar-refractivity contribution in [2.24, 2.45) is 11.7 Å². The predicted molar refractivity (Wildman–Crippen MR) is 72.2 cm³/mol. The van der Waals surface area contributed by atoms with Crippen LogP contribution in [-0.4, -0.2) is 30.6 Å². The maximum Gasteiger partial charge on any atom is 0.0721 e. The number of piperidine rings is 1. The number of ether oxygens (including phenoxy) is 1. The van der Waals surface area contributed by atoms with Crippen LogP contribution in [0.4, 0.5) is 0 Å². The molecule has 0 saturated carbocycles. The van der Waals surface area contributed by atoms with Gasteiger partial charge in [0.15, 0.2) is 0 Å². The number of hydrogen-bond donors (Lipinski definition) is 1. The Morgan fingerprint density at radius 2 is 2.17 bits per heavy atom. The monoisotopic (exact) mass is 246 g/mol. The van der Waals surface area contributed by atoms with Gasteiger partial charge in [-0.3, -0.25) is 4.90 Å². The van der Waals surface area contributed by atoms with Crippen LogP contribution in [0.5, 0.6) is 0 Å². The zero-order valence-corrected chi connectivity index (χ0v) is 11.0. The molecular formula is C15H22N2O. The van der Waals surface area contributed by atoms with E-state index in [-0.39, 0.29) is 0 Å². The van der Waals surface area contributed by atoms with Gasteiger partial charge in [0, 0.05) is 12.6 Å². The fourth-order valence-corrected chi connectivity index (χ4v) is 3.07. The van der Waals surface area contributed by atoms with E-state index in [2.05, 4.69) is 36.1 Å². The average molecular weight is 246 g/mol. The largest absolute Gasteiger partial charge is 0.375 e. The van der Waals surface area contributed by atoms with Crippen molar-refractivity contribution < 1.29 is 4.74 Å². The number of likely N-dealkylation sites (tertiary alicyclic amines) is 1. The van der Waals surface area contributed by atoms with Gasteiger partial charge in [0.1, 0.15) is 0 Å². The number of hydrogen-bond acceptors (Lipinski definition) is 3. The molecule has 0 aliphatic carbocycles. The van der Waals surface area contributed by atoms with Gasteiger partial charge in [-0.25, -0.2) is 0 Å². The molecule has 0 bridgehead atoms. The van der Waals surface area contributed by atoms with Gasteiger partial charge in [-0.05, 0) is 30.0 Å². The van der Waals surface area contributed by atoms with Gasteiger partial charge >= 0.3 is 0 Å². The van der Waals surface area contributed by atoms with Crippen molar-refractivity contribution in [2.45, 2.75) is 32.0 Å². The molecular weight excluding hydrogens is 224 g/mol. The van der Waals surface area contributed by atoms with E-state index in [0.717, 1.165) is 26.3 Å². The molecule has 1 aromatic carbocycles. The van der Waals surface area contributed by atoms with Crippen molar-refractivity contribution >= 4 is 0 Å².